The number of hydrogen-bond acceptors (Lipinski definition) is 0. The lowest BCUT2D eigenvalue weighted by molar-refractivity contribution is 0.239. The molecule has 0 unspecified atom stereocenters. The summed E-state index contributed by atoms with van der Waals surface area (Å²) < 4.78 is 0. The Morgan fingerprint density at radius 2 is 1.29 bits per heavy atom. The van der Waals surface area contributed by atoms with Crippen molar-refractivity contribution in [3.05, 3.63) is 71.8 Å². The lowest BCUT2D eigenvalue weighted by Gasteiger charge is -2.09. The van der Waals surface area contributed by atoms with Crippen molar-refractivity contribution in [3.63, 3.8) is 0 Å². The number of rotatable bonds is 3. The van der Waals surface area contributed by atoms with Gasteiger partial charge in [-0.15, -0.1) is 0 Å². The molecule has 17 heavy (non-hydrogen) atoms. The average molecular weight is 223 g/mol. The van der Waals surface area contributed by atoms with Gasteiger partial charge in [0.1, 0.15) is 6.61 Å². The summed E-state index contributed by atoms with van der Waals surface area (Å²) in [5.74, 6) is 0. The van der Waals surface area contributed by atoms with E-state index in [1.165, 1.54) is 0 Å². The molecule has 0 saturated carbocycles. The summed E-state index contributed by atoms with van der Waals surface area (Å²) in [6.07, 6.45) is 0. The lowest BCUT2D eigenvalue weighted by atomic mass is 9.96. The largest absolute Gasteiger partial charge is 0.232 e. The summed E-state index contributed by atoms with van der Waals surface area (Å²) in [5.41, 5.74) is 4.06. The molecule has 0 aliphatic rings. The second kappa shape index (κ2) is 5.46. The highest BCUT2D eigenvalue weighted by Crippen LogP contribution is 2.25. The van der Waals surface area contributed by atoms with Crippen molar-refractivity contribution in [1.82, 2.24) is 0 Å². The Kier molecular flexibility index (Phi) is 3.73. The summed E-state index contributed by atoms with van der Waals surface area (Å²) in [5, 5.41) is 11.4. The zero-order valence-electron chi connectivity index (χ0n) is 9.89. The van der Waals surface area contributed by atoms with Gasteiger partial charge in [-0.2, -0.15) is 0 Å². The monoisotopic (exact) mass is 223 g/mol. The van der Waals surface area contributed by atoms with Crippen molar-refractivity contribution in [2.24, 2.45) is 0 Å². The molecule has 2 aromatic carbocycles. The second-order valence-corrected chi connectivity index (χ2v) is 3.98. The van der Waals surface area contributed by atoms with Crippen molar-refractivity contribution < 1.29 is 5.11 Å². The maximum atomic E-state index is 11.4. The highest BCUT2D eigenvalue weighted by atomic mass is 16.3. The highest BCUT2D eigenvalue weighted by Gasteiger charge is 2.06. The first-order chi connectivity index (χ1) is 8.33. The third-order valence-corrected chi connectivity index (χ3v) is 2.93. The molecule has 0 aliphatic heterocycles. The molecular formula is C16H15O. The fourth-order valence-corrected chi connectivity index (χ4v) is 1.91. The molecule has 0 atom stereocenters. The first kappa shape index (κ1) is 11.6. The summed E-state index contributed by atoms with van der Waals surface area (Å²) in [4.78, 5) is 0. The zero-order valence-corrected chi connectivity index (χ0v) is 9.89. The first-order valence-electron chi connectivity index (χ1n) is 5.71. The van der Waals surface area contributed by atoms with Crippen LogP contribution in [0.5, 0.6) is 0 Å². The Morgan fingerprint density at radius 1 is 0.824 bits per heavy atom. The van der Waals surface area contributed by atoms with E-state index in [9.17, 15) is 5.11 Å². The van der Waals surface area contributed by atoms with Crippen LogP contribution in [0.15, 0.2) is 60.7 Å². The number of hydrogen-bond donors (Lipinski definition) is 0. The van der Waals surface area contributed by atoms with Gasteiger partial charge in [-0.05, 0) is 29.2 Å². The number of allylic oxidation sites excluding steroid dienone is 1. The fraction of sp³-hybridized carbons (Fsp3) is 0.125. The van der Waals surface area contributed by atoms with Crippen LogP contribution in [0.25, 0.3) is 11.1 Å². The third kappa shape index (κ3) is 2.63. The normalized spacial score (nSPS) is 12.1. The SMILES string of the molecule is CC(=C(C[O])c1ccccc1)c1ccccc1. The van der Waals surface area contributed by atoms with Crippen molar-refractivity contribution in [3.8, 4) is 0 Å². The van der Waals surface area contributed by atoms with E-state index in [2.05, 4.69) is 0 Å². The molecule has 0 N–H and O–H groups in total. The molecule has 0 bridgehead atoms. The minimum absolute atomic E-state index is 0.190. The van der Waals surface area contributed by atoms with Gasteiger partial charge in [0.05, 0.1) is 0 Å². The van der Waals surface area contributed by atoms with E-state index in [0.29, 0.717) is 0 Å². The Hall–Kier alpha value is -1.86. The molecule has 0 aromatic heterocycles. The summed E-state index contributed by atoms with van der Waals surface area (Å²) in [7, 11) is 0. The van der Waals surface area contributed by atoms with Crippen LogP contribution in [0.2, 0.25) is 0 Å². The molecule has 0 fully saturated rings. The molecule has 2 aromatic rings. The fourth-order valence-electron chi connectivity index (χ4n) is 1.91. The summed E-state index contributed by atoms with van der Waals surface area (Å²) in [6.45, 7) is 1.82. The van der Waals surface area contributed by atoms with Gasteiger partial charge in [-0.3, -0.25) is 0 Å². The summed E-state index contributed by atoms with van der Waals surface area (Å²) in [6, 6.07) is 19.9. The van der Waals surface area contributed by atoms with E-state index in [4.69, 9.17) is 0 Å². The lowest BCUT2D eigenvalue weighted by Crippen LogP contribution is -1.93. The van der Waals surface area contributed by atoms with Gasteiger partial charge in [0.15, 0.2) is 0 Å². The van der Waals surface area contributed by atoms with E-state index in [0.717, 1.165) is 22.3 Å². The quantitative estimate of drug-likeness (QED) is 0.700. The Bertz CT molecular complexity index is 498. The molecule has 1 heteroatoms. The minimum atomic E-state index is -0.190. The standard InChI is InChI=1S/C16H15O/c1-13(14-8-4-2-5-9-14)16(12-17)15-10-6-3-7-11-15/h2-11H,12H2,1H3. The minimum Gasteiger partial charge on any atom is -0.232 e. The van der Waals surface area contributed by atoms with Crippen LogP contribution < -0.4 is 0 Å². The van der Waals surface area contributed by atoms with Gasteiger partial charge >= 0.3 is 0 Å². The zero-order chi connectivity index (χ0) is 12.1. The van der Waals surface area contributed by atoms with Crippen molar-refractivity contribution in [2.75, 3.05) is 6.61 Å². The molecule has 0 aliphatic carbocycles. The maximum absolute atomic E-state index is 11.4. The van der Waals surface area contributed by atoms with Crippen LogP contribution in [0.3, 0.4) is 0 Å². The van der Waals surface area contributed by atoms with E-state index >= 15 is 0 Å². The van der Waals surface area contributed by atoms with Crippen molar-refractivity contribution in [2.45, 2.75) is 6.92 Å². The van der Waals surface area contributed by atoms with Gasteiger partial charge in [0.25, 0.3) is 0 Å². The van der Waals surface area contributed by atoms with Crippen LogP contribution in [-0.2, 0) is 5.11 Å². The molecule has 1 radical (unpaired) electrons. The van der Waals surface area contributed by atoms with Gasteiger partial charge in [0, 0.05) is 0 Å². The van der Waals surface area contributed by atoms with Gasteiger partial charge < -0.3 is 0 Å². The number of benzene rings is 2. The molecule has 0 spiro atoms. The predicted molar refractivity (Wildman–Crippen MR) is 70.9 cm³/mol. The molecule has 0 amide bonds. The van der Waals surface area contributed by atoms with Crippen LogP contribution in [-0.4, -0.2) is 6.61 Å². The van der Waals surface area contributed by atoms with Crippen LogP contribution >= 0.6 is 0 Å². The summed E-state index contributed by atoms with van der Waals surface area (Å²) >= 11 is 0. The van der Waals surface area contributed by atoms with Crippen molar-refractivity contribution >= 4 is 11.1 Å². The van der Waals surface area contributed by atoms with E-state index in [1.807, 2.05) is 67.6 Å². The van der Waals surface area contributed by atoms with E-state index < -0.39 is 0 Å². The van der Waals surface area contributed by atoms with E-state index in [-0.39, 0.29) is 6.61 Å². The van der Waals surface area contributed by atoms with Crippen LogP contribution in [0.4, 0.5) is 0 Å². The van der Waals surface area contributed by atoms with Gasteiger partial charge in [-0.25, -0.2) is 5.11 Å². The smallest absolute Gasteiger partial charge is 0.108 e. The van der Waals surface area contributed by atoms with Crippen LogP contribution in [0.1, 0.15) is 18.1 Å². The molecule has 85 valence electrons. The molecule has 1 nitrogen and oxygen atoms in total. The Labute approximate surface area is 102 Å². The predicted octanol–water partition coefficient (Wildman–Crippen LogP) is 4.05. The van der Waals surface area contributed by atoms with Crippen LogP contribution in [0, 0.1) is 0 Å². The van der Waals surface area contributed by atoms with Crippen molar-refractivity contribution in [1.29, 1.82) is 0 Å². The third-order valence-electron chi connectivity index (χ3n) is 2.93. The highest BCUT2D eigenvalue weighted by molar-refractivity contribution is 5.90. The maximum Gasteiger partial charge on any atom is 0.108 e. The topological polar surface area (TPSA) is 19.9 Å². The average Bonchev–Trinajstić information content (AvgIpc) is 2.42. The molecule has 2 rings (SSSR count). The van der Waals surface area contributed by atoms with Gasteiger partial charge in [-0.1, -0.05) is 60.7 Å². The molecular weight excluding hydrogens is 208 g/mol. The second-order valence-electron chi connectivity index (χ2n) is 3.98. The molecule has 0 saturated heterocycles. The van der Waals surface area contributed by atoms with E-state index in [1.54, 1.807) is 0 Å². The Morgan fingerprint density at radius 3 is 1.76 bits per heavy atom. The first-order valence-corrected chi connectivity index (χ1v) is 5.71. The molecule has 0 heterocycles. The van der Waals surface area contributed by atoms with Gasteiger partial charge in [0.2, 0.25) is 0 Å². The Balaban J connectivity index is 2.48.